The van der Waals surface area contributed by atoms with Crippen molar-refractivity contribution in [2.24, 2.45) is 0 Å². The summed E-state index contributed by atoms with van der Waals surface area (Å²) in [4.78, 5) is 11.8. The monoisotopic (exact) mass is 299 g/mol. The van der Waals surface area contributed by atoms with Gasteiger partial charge in [0, 0.05) is 23.6 Å². The second kappa shape index (κ2) is 5.62. The van der Waals surface area contributed by atoms with E-state index in [0.29, 0.717) is 17.1 Å². The zero-order valence-corrected chi connectivity index (χ0v) is 12.3. The predicted molar refractivity (Wildman–Crippen MR) is 83.8 cm³/mol. The summed E-state index contributed by atoms with van der Waals surface area (Å²) >= 11 is 6.26. The van der Waals surface area contributed by atoms with E-state index in [0.717, 1.165) is 16.5 Å². The lowest BCUT2D eigenvalue weighted by Crippen LogP contribution is -2.08. The van der Waals surface area contributed by atoms with Crippen molar-refractivity contribution >= 4 is 28.5 Å². The third-order valence-electron chi connectivity index (χ3n) is 3.50. The summed E-state index contributed by atoms with van der Waals surface area (Å²) in [5.74, 6) is -0.326. The molecule has 3 nitrogen and oxygen atoms in total. The van der Waals surface area contributed by atoms with Crippen LogP contribution < -0.4 is 0 Å². The molecule has 106 valence electrons. The molecule has 0 N–H and O–H groups in total. The molecule has 0 saturated heterocycles. The number of fused-ring (bicyclic) bond motifs is 1. The number of hydrogen-bond acceptors (Lipinski definition) is 2. The van der Waals surface area contributed by atoms with Crippen molar-refractivity contribution in [2.45, 2.75) is 6.54 Å². The lowest BCUT2D eigenvalue weighted by Gasteiger charge is -2.09. The second-order valence-electron chi connectivity index (χ2n) is 4.77. The Hall–Kier alpha value is -2.26. The van der Waals surface area contributed by atoms with Gasteiger partial charge in [0.15, 0.2) is 0 Å². The molecule has 0 aliphatic rings. The van der Waals surface area contributed by atoms with E-state index < -0.39 is 0 Å². The Kier molecular flexibility index (Phi) is 3.67. The summed E-state index contributed by atoms with van der Waals surface area (Å²) in [6.07, 6.45) is 1.89. The molecule has 1 aromatic heterocycles. The normalized spacial score (nSPS) is 10.8. The van der Waals surface area contributed by atoms with E-state index in [1.54, 1.807) is 6.07 Å². The van der Waals surface area contributed by atoms with Gasteiger partial charge in [-0.1, -0.05) is 48.0 Å². The van der Waals surface area contributed by atoms with Gasteiger partial charge in [0.05, 0.1) is 17.7 Å². The average Bonchev–Trinajstić information content (AvgIpc) is 2.84. The quantitative estimate of drug-likeness (QED) is 0.681. The van der Waals surface area contributed by atoms with Crippen molar-refractivity contribution < 1.29 is 9.53 Å². The summed E-state index contributed by atoms with van der Waals surface area (Å²) in [5, 5.41) is 1.72. The molecular weight excluding hydrogens is 286 g/mol. The summed E-state index contributed by atoms with van der Waals surface area (Å²) in [5.41, 5.74) is 2.53. The highest BCUT2D eigenvalue weighted by atomic mass is 35.5. The molecule has 0 aliphatic carbocycles. The number of carbonyl (C=O) groups excluding carboxylic acids is 1. The standard InChI is InChI=1S/C17H14ClNO2/c1-21-17(20)13-7-3-2-6-12(13)10-19-11-15(18)14-8-4-5-9-16(14)19/h2-9,11H,10H2,1H3. The molecule has 0 bridgehead atoms. The SMILES string of the molecule is COC(=O)c1ccccc1Cn1cc(Cl)c2ccccc21. The van der Waals surface area contributed by atoms with Gasteiger partial charge in [-0.2, -0.15) is 0 Å². The molecule has 2 aromatic carbocycles. The number of aromatic nitrogens is 1. The Morgan fingerprint density at radius 2 is 1.86 bits per heavy atom. The van der Waals surface area contributed by atoms with Gasteiger partial charge in [-0.15, -0.1) is 0 Å². The van der Waals surface area contributed by atoms with Crippen molar-refractivity contribution in [3.8, 4) is 0 Å². The van der Waals surface area contributed by atoms with Crippen LogP contribution in [0.3, 0.4) is 0 Å². The maximum Gasteiger partial charge on any atom is 0.338 e. The Morgan fingerprint density at radius 3 is 2.67 bits per heavy atom. The van der Waals surface area contributed by atoms with Crippen molar-refractivity contribution in [3.05, 3.63) is 70.9 Å². The summed E-state index contributed by atoms with van der Waals surface area (Å²) in [7, 11) is 1.39. The molecule has 0 aliphatic heterocycles. The van der Waals surface area contributed by atoms with Crippen LogP contribution in [0.4, 0.5) is 0 Å². The van der Waals surface area contributed by atoms with Crippen LogP contribution in [-0.4, -0.2) is 17.6 Å². The maximum absolute atomic E-state index is 11.8. The number of carbonyl (C=O) groups is 1. The van der Waals surface area contributed by atoms with Gasteiger partial charge in [0.1, 0.15) is 0 Å². The number of ether oxygens (including phenoxy) is 1. The number of methoxy groups -OCH3 is 1. The molecule has 21 heavy (non-hydrogen) atoms. The molecule has 0 saturated carbocycles. The zero-order chi connectivity index (χ0) is 14.8. The molecular formula is C17H14ClNO2. The smallest absolute Gasteiger partial charge is 0.338 e. The predicted octanol–water partition coefficient (Wildman–Crippen LogP) is 4.13. The fourth-order valence-electron chi connectivity index (χ4n) is 2.48. The summed E-state index contributed by atoms with van der Waals surface area (Å²) in [6, 6.07) is 15.4. The minimum absolute atomic E-state index is 0.326. The van der Waals surface area contributed by atoms with Crippen LogP contribution in [0.25, 0.3) is 10.9 Å². The average molecular weight is 300 g/mol. The van der Waals surface area contributed by atoms with E-state index in [2.05, 4.69) is 0 Å². The first-order chi connectivity index (χ1) is 10.2. The van der Waals surface area contributed by atoms with Crippen LogP contribution in [-0.2, 0) is 11.3 Å². The van der Waals surface area contributed by atoms with Crippen LogP contribution in [0.5, 0.6) is 0 Å². The lowest BCUT2D eigenvalue weighted by molar-refractivity contribution is 0.0599. The van der Waals surface area contributed by atoms with Crippen LogP contribution in [0.15, 0.2) is 54.7 Å². The van der Waals surface area contributed by atoms with Crippen molar-refractivity contribution in [1.82, 2.24) is 4.57 Å². The number of halogens is 1. The third kappa shape index (κ3) is 2.52. The van der Waals surface area contributed by atoms with Crippen molar-refractivity contribution in [3.63, 3.8) is 0 Å². The molecule has 0 amide bonds. The van der Waals surface area contributed by atoms with Crippen molar-refractivity contribution in [1.29, 1.82) is 0 Å². The van der Waals surface area contributed by atoms with E-state index >= 15 is 0 Å². The fraction of sp³-hybridized carbons (Fsp3) is 0.118. The molecule has 3 rings (SSSR count). The number of hydrogen-bond donors (Lipinski definition) is 0. The maximum atomic E-state index is 11.8. The van der Waals surface area contributed by atoms with E-state index in [4.69, 9.17) is 16.3 Å². The molecule has 0 unspecified atom stereocenters. The van der Waals surface area contributed by atoms with E-state index in [1.807, 2.05) is 53.2 Å². The van der Waals surface area contributed by atoms with Crippen LogP contribution in [0.2, 0.25) is 5.02 Å². The highest BCUT2D eigenvalue weighted by Gasteiger charge is 2.13. The summed E-state index contributed by atoms with van der Waals surface area (Å²) < 4.78 is 6.87. The van der Waals surface area contributed by atoms with Gasteiger partial charge in [-0.3, -0.25) is 0 Å². The van der Waals surface area contributed by atoms with Crippen LogP contribution in [0, 0.1) is 0 Å². The van der Waals surface area contributed by atoms with Gasteiger partial charge >= 0.3 is 5.97 Å². The number of benzene rings is 2. The van der Waals surface area contributed by atoms with Crippen molar-refractivity contribution in [2.75, 3.05) is 7.11 Å². The number of nitrogens with zero attached hydrogens (tertiary/aromatic N) is 1. The zero-order valence-electron chi connectivity index (χ0n) is 11.5. The molecule has 0 radical (unpaired) electrons. The van der Waals surface area contributed by atoms with Gasteiger partial charge in [-0.25, -0.2) is 4.79 Å². The highest BCUT2D eigenvalue weighted by Crippen LogP contribution is 2.26. The van der Waals surface area contributed by atoms with Gasteiger partial charge in [0.2, 0.25) is 0 Å². The summed E-state index contributed by atoms with van der Waals surface area (Å²) in [6.45, 7) is 0.568. The molecule has 4 heteroatoms. The Balaban J connectivity index is 2.05. The van der Waals surface area contributed by atoms with Gasteiger partial charge in [0.25, 0.3) is 0 Å². The van der Waals surface area contributed by atoms with Gasteiger partial charge in [-0.05, 0) is 17.7 Å². The highest BCUT2D eigenvalue weighted by molar-refractivity contribution is 6.35. The lowest BCUT2D eigenvalue weighted by atomic mass is 10.1. The van der Waals surface area contributed by atoms with Crippen LogP contribution >= 0.6 is 11.6 Å². The Labute approximate surface area is 127 Å². The van der Waals surface area contributed by atoms with Crippen LogP contribution in [0.1, 0.15) is 15.9 Å². The second-order valence-corrected chi connectivity index (χ2v) is 5.18. The molecule has 0 fully saturated rings. The third-order valence-corrected chi connectivity index (χ3v) is 3.80. The minimum Gasteiger partial charge on any atom is -0.465 e. The number of esters is 1. The number of para-hydroxylation sites is 1. The molecule has 1 heterocycles. The fourth-order valence-corrected chi connectivity index (χ4v) is 2.76. The Bertz CT molecular complexity index is 807. The van der Waals surface area contributed by atoms with E-state index in [9.17, 15) is 4.79 Å². The topological polar surface area (TPSA) is 31.2 Å². The van der Waals surface area contributed by atoms with E-state index in [1.165, 1.54) is 7.11 Å². The van der Waals surface area contributed by atoms with Gasteiger partial charge < -0.3 is 9.30 Å². The molecule has 0 atom stereocenters. The van der Waals surface area contributed by atoms with E-state index in [-0.39, 0.29) is 5.97 Å². The first-order valence-electron chi connectivity index (χ1n) is 6.60. The Morgan fingerprint density at radius 1 is 1.14 bits per heavy atom. The number of rotatable bonds is 3. The largest absolute Gasteiger partial charge is 0.465 e. The minimum atomic E-state index is -0.326. The first kappa shape index (κ1) is 13.7. The molecule has 0 spiro atoms. The first-order valence-corrected chi connectivity index (χ1v) is 6.98. The molecule has 3 aromatic rings.